The fourth-order valence-corrected chi connectivity index (χ4v) is 4.74. The average Bonchev–Trinajstić information content (AvgIpc) is 2.89. The SMILES string of the molecule is CCc1ccc(-n2ccc(=O)c3cnc(Nc4ccc(C5CCN(CC)CC5)cc4)nc32)cc1. The van der Waals surface area contributed by atoms with E-state index in [4.69, 9.17) is 4.98 Å². The summed E-state index contributed by atoms with van der Waals surface area (Å²) in [4.78, 5) is 24.1. The Labute approximate surface area is 200 Å². The largest absolute Gasteiger partial charge is 0.324 e. The molecule has 6 nitrogen and oxygen atoms in total. The lowest BCUT2D eigenvalue weighted by atomic mass is 9.89. The minimum atomic E-state index is -0.0820. The third-order valence-electron chi connectivity index (χ3n) is 6.93. The minimum absolute atomic E-state index is 0.0820. The van der Waals surface area contributed by atoms with Gasteiger partial charge in [0.05, 0.1) is 5.39 Å². The van der Waals surface area contributed by atoms with E-state index in [2.05, 4.69) is 77.6 Å². The molecule has 1 aliphatic rings. The Morgan fingerprint density at radius 3 is 2.38 bits per heavy atom. The molecule has 4 aromatic rings. The lowest BCUT2D eigenvalue weighted by molar-refractivity contribution is 0.222. The van der Waals surface area contributed by atoms with Crippen molar-refractivity contribution in [1.82, 2.24) is 19.4 Å². The van der Waals surface area contributed by atoms with Crippen molar-refractivity contribution >= 4 is 22.7 Å². The number of nitrogens with one attached hydrogen (secondary N) is 1. The van der Waals surface area contributed by atoms with Crippen molar-refractivity contribution < 1.29 is 0 Å². The molecular weight excluding hydrogens is 422 g/mol. The van der Waals surface area contributed by atoms with Gasteiger partial charge in [0.1, 0.15) is 0 Å². The lowest BCUT2D eigenvalue weighted by Crippen LogP contribution is -2.32. The zero-order valence-electron chi connectivity index (χ0n) is 19.9. The normalized spacial score (nSPS) is 15.0. The molecule has 0 unspecified atom stereocenters. The zero-order chi connectivity index (χ0) is 23.5. The first-order chi connectivity index (χ1) is 16.6. The summed E-state index contributed by atoms with van der Waals surface area (Å²) in [7, 11) is 0. The fraction of sp³-hybridized carbons (Fsp3) is 0.321. The number of hydrogen-bond acceptors (Lipinski definition) is 5. The molecule has 1 fully saturated rings. The van der Waals surface area contributed by atoms with E-state index >= 15 is 0 Å². The molecule has 2 aromatic heterocycles. The number of piperidine rings is 1. The summed E-state index contributed by atoms with van der Waals surface area (Å²) in [5, 5.41) is 3.81. The molecule has 0 amide bonds. The number of pyridine rings is 1. The van der Waals surface area contributed by atoms with E-state index in [1.54, 1.807) is 18.5 Å². The van der Waals surface area contributed by atoms with Gasteiger partial charge in [-0.2, -0.15) is 4.98 Å². The van der Waals surface area contributed by atoms with Crippen molar-refractivity contribution in [2.45, 2.75) is 39.0 Å². The van der Waals surface area contributed by atoms with Crippen molar-refractivity contribution in [2.24, 2.45) is 0 Å². The van der Waals surface area contributed by atoms with Crippen molar-refractivity contribution in [2.75, 3.05) is 25.0 Å². The van der Waals surface area contributed by atoms with Gasteiger partial charge in [0, 0.05) is 29.8 Å². The number of hydrogen-bond donors (Lipinski definition) is 1. The van der Waals surface area contributed by atoms with Gasteiger partial charge in [0.25, 0.3) is 0 Å². The van der Waals surface area contributed by atoms with Crippen molar-refractivity contribution in [3.05, 3.63) is 88.3 Å². The first-order valence-corrected chi connectivity index (χ1v) is 12.2. The molecule has 6 heteroatoms. The summed E-state index contributed by atoms with van der Waals surface area (Å²) in [5.74, 6) is 1.10. The molecule has 174 valence electrons. The number of aryl methyl sites for hydroxylation is 1. The number of aromatic nitrogens is 3. The predicted octanol–water partition coefficient (Wildman–Crippen LogP) is 5.29. The predicted molar refractivity (Wildman–Crippen MR) is 138 cm³/mol. The summed E-state index contributed by atoms with van der Waals surface area (Å²) in [6, 6.07) is 18.5. The Kier molecular flexibility index (Phi) is 6.41. The van der Waals surface area contributed by atoms with Crippen LogP contribution in [-0.4, -0.2) is 39.1 Å². The van der Waals surface area contributed by atoms with Crippen LogP contribution in [0, 0.1) is 0 Å². The van der Waals surface area contributed by atoms with Crippen LogP contribution in [0.25, 0.3) is 16.7 Å². The molecule has 1 saturated heterocycles. The van der Waals surface area contributed by atoms with Crippen LogP contribution >= 0.6 is 0 Å². The number of anilines is 2. The summed E-state index contributed by atoms with van der Waals surface area (Å²) in [6.45, 7) is 7.86. The number of likely N-dealkylation sites (tertiary alicyclic amines) is 1. The van der Waals surface area contributed by atoms with Crippen LogP contribution in [0.5, 0.6) is 0 Å². The van der Waals surface area contributed by atoms with Crippen LogP contribution in [0.4, 0.5) is 11.6 Å². The Balaban J connectivity index is 1.39. The average molecular weight is 454 g/mol. The Bertz CT molecular complexity index is 1320. The molecule has 5 rings (SSSR count). The highest BCUT2D eigenvalue weighted by Crippen LogP contribution is 2.29. The van der Waals surface area contributed by atoms with Crippen molar-refractivity contribution in [3.8, 4) is 5.69 Å². The molecule has 0 atom stereocenters. The minimum Gasteiger partial charge on any atom is -0.324 e. The molecular formula is C28H31N5O. The molecule has 3 heterocycles. The van der Waals surface area contributed by atoms with Gasteiger partial charge in [-0.05, 0) is 80.2 Å². The van der Waals surface area contributed by atoms with E-state index in [1.807, 2.05) is 4.57 Å². The van der Waals surface area contributed by atoms with Gasteiger partial charge in [0.15, 0.2) is 11.1 Å². The standard InChI is InChI=1S/C28H31N5O/c1-3-20-5-11-24(12-6-20)33-18-15-26(34)25-19-29-28(31-27(25)33)30-23-9-7-21(8-10-23)22-13-16-32(4-2)17-14-22/h5-12,15,18-19,22H,3-4,13-14,16-17H2,1-2H3,(H,29,30,31). The van der Waals surface area contributed by atoms with Crippen LogP contribution in [-0.2, 0) is 6.42 Å². The van der Waals surface area contributed by atoms with Gasteiger partial charge < -0.3 is 14.8 Å². The van der Waals surface area contributed by atoms with E-state index < -0.39 is 0 Å². The first-order valence-electron chi connectivity index (χ1n) is 12.2. The van der Waals surface area contributed by atoms with E-state index in [0.29, 0.717) is 22.9 Å². The topological polar surface area (TPSA) is 63.1 Å². The highest BCUT2D eigenvalue weighted by atomic mass is 16.1. The molecule has 1 N–H and O–H groups in total. The summed E-state index contributed by atoms with van der Waals surface area (Å²) >= 11 is 0. The number of fused-ring (bicyclic) bond motifs is 1. The molecule has 0 bridgehead atoms. The molecule has 34 heavy (non-hydrogen) atoms. The van der Waals surface area contributed by atoms with E-state index in [0.717, 1.165) is 24.3 Å². The Morgan fingerprint density at radius 2 is 1.71 bits per heavy atom. The van der Waals surface area contributed by atoms with Gasteiger partial charge in [-0.3, -0.25) is 4.79 Å². The fourth-order valence-electron chi connectivity index (χ4n) is 4.74. The highest BCUT2D eigenvalue weighted by Gasteiger charge is 2.19. The van der Waals surface area contributed by atoms with Gasteiger partial charge >= 0.3 is 0 Å². The molecule has 2 aromatic carbocycles. The lowest BCUT2D eigenvalue weighted by Gasteiger charge is -2.31. The van der Waals surface area contributed by atoms with Gasteiger partial charge in [-0.25, -0.2) is 4.98 Å². The van der Waals surface area contributed by atoms with Crippen LogP contribution < -0.4 is 10.7 Å². The zero-order valence-corrected chi connectivity index (χ0v) is 19.9. The Morgan fingerprint density at radius 1 is 0.971 bits per heavy atom. The summed E-state index contributed by atoms with van der Waals surface area (Å²) in [5.41, 5.74) is 5.07. The first kappa shape index (κ1) is 22.3. The maximum atomic E-state index is 12.4. The molecule has 0 saturated carbocycles. The van der Waals surface area contributed by atoms with Crippen LogP contribution in [0.1, 0.15) is 43.7 Å². The molecule has 0 radical (unpaired) electrons. The van der Waals surface area contributed by atoms with Crippen LogP contribution in [0.2, 0.25) is 0 Å². The van der Waals surface area contributed by atoms with Crippen LogP contribution in [0.3, 0.4) is 0 Å². The van der Waals surface area contributed by atoms with Crippen LogP contribution in [0.15, 0.2) is 71.8 Å². The monoisotopic (exact) mass is 453 g/mol. The molecule has 0 spiro atoms. The second kappa shape index (κ2) is 9.77. The second-order valence-electron chi connectivity index (χ2n) is 8.96. The van der Waals surface area contributed by atoms with Crippen molar-refractivity contribution in [1.29, 1.82) is 0 Å². The van der Waals surface area contributed by atoms with E-state index in [9.17, 15) is 4.79 Å². The highest BCUT2D eigenvalue weighted by molar-refractivity contribution is 5.77. The molecule has 0 aliphatic carbocycles. The maximum Gasteiger partial charge on any atom is 0.229 e. The van der Waals surface area contributed by atoms with Gasteiger partial charge in [-0.15, -0.1) is 0 Å². The molecule has 1 aliphatic heterocycles. The second-order valence-corrected chi connectivity index (χ2v) is 8.96. The maximum absolute atomic E-state index is 12.4. The van der Waals surface area contributed by atoms with Crippen molar-refractivity contribution in [3.63, 3.8) is 0 Å². The number of rotatable bonds is 6. The Hall–Kier alpha value is -3.51. The van der Waals surface area contributed by atoms with Gasteiger partial charge in [0.2, 0.25) is 5.95 Å². The summed E-state index contributed by atoms with van der Waals surface area (Å²) < 4.78 is 1.94. The third kappa shape index (κ3) is 4.59. The van der Waals surface area contributed by atoms with E-state index in [1.165, 1.54) is 37.1 Å². The quantitative estimate of drug-likeness (QED) is 0.430. The number of nitrogens with zero attached hydrogens (tertiary/aromatic N) is 4. The van der Waals surface area contributed by atoms with Gasteiger partial charge in [-0.1, -0.05) is 38.1 Å². The van der Waals surface area contributed by atoms with E-state index in [-0.39, 0.29) is 5.43 Å². The number of benzene rings is 2. The summed E-state index contributed by atoms with van der Waals surface area (Å²) in [6.07, 6.45) is 6.80. The third-order valence-corrected chi connectivity index (χ3v) is 6.93. The smallest absolute Gasteiger partial charge is 0.229 e.